The van der Waals surface area contributed by atoms with Gasteiger partial charge in [0.2, 0.25) is 0 Å². The Balaban J connectivity index is 1.70. The molecule has 1 N–H and O–H groups in total. The van der Waals surface area contributed by atoms with Crippen molar-refractivity contribution < 1.29 is 4.39 Å². The molecule has 3 saturated heterocycles. The van der Waals surface area contributed by atoms with Crippen molar-refractivity contribution in [2.45, 2.75) is 38.3 Å². The molecular weight excluding hydrogens is 239 g/mol. The summed E-state index contributed by atoms with van der Waals surface area (Å²) in [6.07, 6.45) is 3.64. The van der Waals surface area contributed by atoms with Gasteiger partial charge in [-0.25, -0.2) is 4.39 Å². The van der Waals surface area contributed by atoms with E-state index >= 15 is 0 Å². The summed E-state index contributed by atoms with van der Waals surface area (Å²) in [5.74, 6) is 0.680. The van der Waals surface area contributed by atoms with Crippen LogP contribution in [-0.2, 0) is 0 Å². The third kappa shape index (κ3) is 2.82. The van der Waals surface area contributed by atoms with Gasteiger partial charge in [-0.15, -0.1) is 0 Å². The fraction of sp³-hybridized carbons (Fsp3) is 0.625. The molecule has 2 atom stereocenters. The van der Waals surface area contributed by atoms with Crippen molar-refractivity contribution >= 4 is 0 Å². The second-order valence-corrected chi connectivity index (χ2v) is 5.93. The Morgan fingerprint density at radius 3 is 2.74 bits per heavy atom. The number of hydrogen-bond donors (Lipinski definition) is 1. The van der Waals surface area contributed by atoms with Gasteiger partial charge in [0, 0.05) is 18.6 Å². The highest BCUT2D eigenvalue weighted by Crippen LogP contribution is 2.30. The minimum Gasteiger partial charge on any atom is -0.306 e. The third-order valence-corrected chi connectivity index (χ3v) is 4.73. The largest absolute Gasteiger partial charge is 0.306 e. The molecule has 2 unspecified atom stereocenters. The quantitative estimate of drug-likeness (QED) is 0.897. The van der Waals surface area contributed by atoms with Crippen LogP contribution in [0.5, 0.6) is 0 Å². The van der Waals surface area contributed by atoms with Gasteiger partial charge in [0.1, 0.15) is 5.82 Å². The Hall–Kier alpha value is -0.930. The van der Waals surface area contributed by atoms with Crippen LogP contribution in [0.1, 0.15) is 37.8 Å². The topological polar surface area (TPSA) is 15.3 Å². The lowest BCUT2D eigenvalue weighted by Gasteiger charge is -2.46. The molecule has 3 aliphatic heterocycles. The molecule has 19 heavy (non-hydrogen) atoms. The van der Waals surface area contributed by atoms with Crippen LogP contribution in [0.4, 0.5) is 4.39 Å². The molecule has 2 nitrogen and oxygen atoms in total. The first-order valence-electron chi connectivity index (χ1n) is 7.50. The summed E-state index contributed by atoms with van der Waals surface area (Å²) in [6.45, 7) is 5.86. The Kier molecular flexibility index (Phi) is 3.85. The summed E-state index contributed by atoms with van der Waals surface area (Å²) < 4.78 is 13.4. The average Bonchev–Trinajstić information content (AvgIpc) is 2.46. The standard InChI is InChI=1S/C16H23FN2/c1-2-15(13-4-3-5-14(17)10-13)18-16-11-19-8-6-12(16)7-9-19/h3-5,10,12,15-16,18H,2,6-9,11H2,1H3. The van der Waals surface area contributed by atoms with Crippen molar-refractivity contribution in [3.8, 4) is 0 Å². The lowest BCUT2D eigenvalue weighted by molar-refractivity contribution is 0.0666. The minimum atomic E-state index is -0.133. The first-order chi connectivity index (χ1) is 9.26. The molecule has 1 aromatic rings. The molecule has 0 amide bonds. The number of benzene rings is 1. The highest BCUT2D eigenvalue weighted by atomic mass is 19.1. The minimum absolute atomic E-state index is 0.133. The van der Waals surface area contributed by atoms with E-state index in [4.69, 9.17) is 0 Å². The first kappa shape index (κ1) is 13.1. The van der Waals surface area contributed by atoms with Crippen molar-refractivity contribution in [1.29, 1.82) is 0 Å². The zero-order valence-electron chi connectivity index (χ0n) is 11.6. The average molecular weight is 262 g/mol. The molecule has 3 fully saturated rings. The second-order valence-electron chi connectivity index (χ2n) is 5.93. The molecule has 2 bridgehead atoms. The second kappa shape index (κ2) is 5.59. The van der Waals surface area contributed by atoms with E-state index in [1.54, 1.807) is 6.07 Å². The van der Waals surface area contributed by atoms with Gasteiger partial charge >= 0.3 is 0 Å². The summed E-state index contributed by atoms with van der Waals surface area (Å²) in [5.41, 5.74) is 1.08. The van der Waals surface area contributed by atoms with Crippen molar-refractivity contribution in [2.24, 2.45) is 5.92 Å². The fourth-order valence-electron chi connectivity index (χ4n) is 3.59. The summed E-state index contributed by atoms with van der Waals surface area (Å²) in [6, 6.07) is 7.89. The van der Waals surface area contributed by atoms with E-state index in [9.17, 15) is 4.39 Å². The molecule has 4 rings (SSSR count). The normalized spacial score (nSPS) is 31.4. The van der Waals surface area contributed by atoms with Gasteiger partial charge in [-0.2, -0.15) is 0 Å². The molecule has 104 valence electrons. The van der Waals surface area contributed by atoms with Gasteiger partial charge in [-0.3, -0.25) is 0 Å². The number of hydrogen-bond acceptors (Lipinski definition) is 2. The van der Waals surface area contributed by atoms with Crippen LogP contribution in [-0.4, -0.2) is 30.6 Å². The van der Waals surface area contributed by atoms with Gasteiger partial charge < -0.3 is 10.2 Å². The van der Waals surface area contributed by atoms with E-state index in [1.165, 1.54) is 32.0 Å². The Morgan fingerprint density at radius 1 is 1.37 bits per heavy atom. The first-order valence-corrected chi connectivity index (χ1v) is 7.50. The van der Waals surface area contributed by atoms with Crippen LogP contribution in [0.25, 0.3) is 0 Å². The van der Waals surface area contributed by atoms with E-state index in [2.05, 4.69) is 17.1 Å². The number of nitrogens with one attached hydrogen (secondary N) is 1. The maximum atomic E-state index is 13.4. The van der Waals surface area contributed by atoms with E-state index in [-0.39, 0.29) is 11.9 Å². The van der Waals surface area contributed by atoms with Crippen LogP contribution in [0.15, 0.2) is 24.3 Å². The van der Waals surface area contributed by atoms with Crippen LogP contribution in [0.2, 0.25) is 0 Å². The summed E-state index contributed by atoms with van der Waals surface area (Å²) in [4.78, 5) is 2.55. The van der Waals surface area contributed by atoms with Gasteiger partial charge in [0.25, 0.3) is 0 Å². The number of piperidine rings is 3. The Morgan fingerprint density at radius 2 is 2.16 bits per heavy atom. The van der Waals surface area contributed by atoms with E-state index in [0.717, 1.165) is 24.4 Å². The van der Waals surface area contributed by atoms with Crippen LogP contribution in [0.3, 0.4) is 0 Å². The molecule has 1 aromatic carbocycles. The van der Waals surface area contributed by atoms with Crippen molar-refractivity contribution in [3.05, 3.63) is 35.6 Å². The summed E-state index contributed by atoms with van der Waals surface area (Å²) in [5, 5.41) is 3.77. The third-order valence-electron chi connectivity index (χ3n) is 4.73. The predicted octanol–water partition coefficient (Wildman–Crippen LogP) is 2.96. The number of halogens is 1. The van der Waals surface area contributed by atoms with Gasteiger partial charge in [-0.1, -0.05) is 19.1 Å². The summed E-state index contributed by atoms with van der Waals surface area (Å²) >= 11 is 0. The maximum absolute atomic E-state index is 13.4. The molecule has 0 radical (unpaired) electrons. The van der Waals surface area contributed by atoms with E-state index in [0.29, 0.717) is 6.04 Å². The van der Waals surface area contributed by atoms with Crippen molar-refractivity contribution in [1.82, 2.24) is 10.2 Å². The van der Waals surface area contributed by atoms with Crippen LogP contribution < -0.4 is 5.32 Å². The number of fused-ring (bicyclic) bond motifs is 3. The van der Waals surface area contributed by atoms with Crippen LogP contribution in [0, 0.1) is 11.7 Å². The fourth-order valence-corrected chi connectivity index (χ4v) is 3.59. The number of rotatable bonds is 4. The molecule has 0 aliphatic carbocycles. The lowest BCUT2D eigenvalue weighted by atomic mass is 9.83. The predicted molar refractivity (Wildman–Crippen MR) is 75.5 cm³/mol. The Bertz CT molecular complexity index is 427. The molecular formula is C16H23FN2. The highest BCUT2D eigenvalue weighted by Gasteiger charge is 2.34. The SMILES string of the molecule is CCC(NC1CN2CCC1CC2)c1cccc(F)c1. The molecule has 3 heterocycles. The van der Waals surface area contributed by atoms with E-state index in [1.807, 2.05) is 12.1 Å². The molecule has 3 heteroatoms. The van der Waals surface area contributed by atoms with Crippen molar-refractivity contribution in [2.75, 3.05) is 19.6 Å². The zero-order chi connectivity index (χ0) is 13.2. The Labute approximate surface area is 115 Å². The zero-order valence-corrected chi connectivity index (χ0v) is 11.6. The number of nitrogens with zero attached hydrogens (tertiary/aromatic N) is 1. The highest BCUT2D eigenvalue weighted by molar-refractivity contribution is 5.20. The van der Waals surface area contributed by atoms with Gasteiger partial charge in [0.15, 0.2) is 0 Å². The van der Waals surface area contributed by atoms with Gasteiger partial charge in [0.05, 0.1) is 0 Å². The van der Waals surface area contributed by atoms with Gasteiger partial charge in [-0.05, 0) is 56.0 Å². The molecule has 0 spiro atoms. The lowest BCUT2D eigenvalue weighted by Crippen LogP contribution is -2.56. The van der Waals surface area contributed by atoms with Crippen molar-refractivity contribution in [3.63, 3.8) is 0 Å². The van der Waals surface area contributed by atoms with E-state index < -0.39 is 0 Å². The maximum Gasteiger partial charge on any atom is 0.123 e. The summed E-state index contributed by atoms with van der Waals surface area (Å²) in [7, 11) is 0. The molecule has 3 aliphatic rings. The molecule has 0 saturated carbocycles. The monoisotopic (exact) mass is 262 g/mol. The van der Waals surface area contributed by atoms with Crippen LogP contribution >= 0.6 is 0 Å². The molecule has 0 aromatic heterocycles. The smallest absolute Gasteiger partial charge is 0.123 e.